The molecule has 2 rings (SSSR count). The van der Waals surface area contributed by atoms with E-state index in [1.54, 1.807) is 18.2 Å². The fourth-order valence-corrected chi connectivity index (χ4v) is 2.06. The molecule has 0 radical (unpaired) electrons. The molecule has 0 atom stereocenters. The SMILES string of the molecule is CCCNc1nc(Nc2ccc(Br)c(Cl)c2)c(F)cc1F. The van der Waals surface area contributed by atoms with Gasteiger partial charge in [-0.25, -0.2) is 13.8 Å². The van der Waals surface area contributed by atoms with Gasteiger partial charge < -0.3 is 10.6 Å². The van der Waals surface area contributed by atoms with E-state index in [0.717, 1.165) is 17.0 Å². The first-order valence-electron chi connectivity index (χ1n) is 6.33. The van der Waals surface area contributed by atoms with E-state index in [0.29, 0.717) is 17.3 Å². The number of rotatable bonds is 5. The summed E-state index contributed by atoms with van der Waals surface area (Å²) in [6.07, 6.45) is 0.809. The minimum Gasteiger partial charge on any atom is -0.368 e. The monoisotopic (exact) mass is 375 g/mol. The van der Waals surface area contributed by atoms with Gasteiger partial charge in [-0.1, -0.05) is 18.5 Å². The van der Waals surface area contributed by atoms with Gasteiger partial charge >= 0.3 is 0 Å². The number of hydrogen-bond donors (Lipinski definition) is 2. The molecule has 1 aromatic heterocycles. The zero-order chi connectivity index (χ0) is 15.4. The molecule has 0 aliphatic carbocycles. The third-order valence-electron chi connectivity index (χ3n) is 2.65. The van der Waals surface area contributed by atoms with Gasteiger partial charge in [0.15, 0.2) is 23.3 Å². The molecule has 0 bridgehead atoms. The minimum atomic E-state index is -0.770. The number of hydrogen-bond acceptors (Lipinski definition) is 3. The highest BCUT2D eigenvalue weighted by Crippen LogP contribution is 2.28. The van der Waals surface area contributed by atoms with Gasteiger partial charge in [-0.05, 0) is 40.5 Å². The number of nitrogens with one attached hydrogen (secondary N) is 2. The van der Waals surface area contributed by atoms with E-state index in [9.17, 15) is 8.78 Å². The fourth-order valence-electron chi connectivity index (χ4n) is 1.63. The third kappa shape index (κ3) is 4.04. The van der Waals surface area contributed by atoms with Gasteiger partial charge in [0.1, 0.15) is 0 Å². The van der Waals surface area contributed by atoms with Gasteiger partial charge in [0.2, 0.25) is 0 Å². The minimum absolute atomic E-state index is 0.0176. The number of benzene rings is 1. The van der Waals surface area contributed by atoms with Gasteiger partial charge in [0, 0.05) is 22.8 Å². The maximum absolute atomic E-state index is 13.8. The Bertz CT molecular complexity index is 652. The van der Waals surface area contributed by atoms with Crippen LogP contribution in [0.25, 0.3) is 0 Å². The Morgan fingerprint density at radius 1 is 1.19 bits per heavy atom. The summed E-state index contributed by atoms with van der Waals surface area (Å²) in [6, 6.07) is 5.85. The van der Waals surface area contributed by atoms with Crippen LogP contribution in [0.2, 0.25) is 5.02 Å². The molecule has 3 nitrogen and oxygen atoms in total. The molecule has 0 unspecified atom stereocenters. The Kier molecular flexibility index (Phi) is 5.36. The molecule has 0 fully saturated rings. The van der Waals surface area contributed by atoms with E-state index >= 15 is 0 Å². The summed E-state index contributed by atoms with van der Waals surface area (Å²) >= 11 is 9.24. The van der Waals surface area contributed by atoms with Crippen molar-refractivity contribution < 1.29 is 8.78 Å². The van der Waals surface area contributed by atoms with E-state index in [2.05, 4.69) is 31.5 Å². The van der Waals surface area contributed by atoms with Crippen LogP contribution in [-0.2, 0) is 0 Å². The molecular weight excluding hydrogens is 364 g/mol. The summed E-state index contributed by atoms with van der Waals surface area (Å²) in [5, 5.41) is 6.07. The third-order valence-corrected chi connectivity index (χ3v) is 3.89. The van der Waals surface area contributed by atoms with Crippen molar-refractivity contribution in [3.05, 3.63) is 45.4 Å². The maximum atomic E-state index is 13.8. The molecule has 1 aromatic carbocycles. The average Bonchev–Trinajstić information content (AvgIpc) is 2.44. The van der Waals surface area contributed by atoms with Crippen molar-refractivity contribution in [2.75, 3.05) is 17.2 Å². The summed E-state index contributed by atoms with van der Waals surface area (Å²) in [7, 11) is 0. The highest BCUT2D eigenvalue weighted by atomic mass is 79.9. The molecule has 0 saturated heterocycles. The van der Waals surface area contributed by atoms with Crippen molar-refractivity contribution in [2.24, 2.45) is 0 Å². The van der Waals surface area contributed by atoms with Crippen molar-refractivity contribution in [3.63, 3.8) is 0 Å². The molecule has 1 heterocycles. The van der Waals surface area contributed by atoms with Crippen LogP contribution in [0.15, 0.2) is 28.7 Å². The smallest absolute Gasteiger partial charge is 0.169 e. The van der Waals surface area contributed by atoms with Crippen LogP contribution in [-0.4, -0.2) is 11.5 Å². The van der Waals surface area contributed by atoms with Gasteiger partial charge in [0.25, 0.3) is 0 Å². The second-order valence-corrected chi connectivity index (χ2v) is 5.59. The van der Waals surface area contributed by atoms with Gasteiger partial charge in [-0.2, -0.15) is 0 Å². The Morgan fingerprint density at radius 2 is 1.90 bits per heavy atom. The quantitative estimate of drug-likeness (QED) is 0.739. The second-order valence-electron chi connectivity index (χ2n) is 4.33. The zero-order valence-corrected chi connectivity index (χ0v) is 13.5. The standard InChI is InChI=1S/C14H13BrClF2N3/c1-2-5-19-13-11(17)7-12(18)14(21-13)20-8-3-4-9(15)10(16)6-8/h3-4,6-7H,2,5H2,1H3,(H2,19,20,21). The highest BCUT2D eigenvalue weighted by molar-refractivity contribution is 9.10. The molecule has 21 heavy (non-hydrogen) atoms. The van der Waals surface area contributed by atoms with E-state index in [4.69, 9.17) is 11.6 Å². The number of halogens is 4. The van der Waals surface area contributed by atoms with Crippen molar-refractivity contribution in [1.29, 1.82) is 0 Å². The molecular formula is C14H13BrClF2N3. The maximum Gasteiger partial charge on any atom is 0.169 e. The van der Waals surface area contributed by atoms with Crippen LogP contribution in [0.3, 0.4) is 0 Å². The predicted octanol–water partition coefficient (Wildman–Crippen LogP) is 5.34. The van der Waals surface area contributed by atoms with Crippen LogP contribution in [0, 0.1) is 11.6 Å². The summed E-state index contributed by atoms with van der Waals surface area (Å²) in [4.78, 5) is 3.93. The van der Waals surface area contributed by atoms with Gasteiger partial charge in [-0.15, -0.1) is 0 Å². The first-order valence-corrected chi connectivity index (χ1v) is 7.50. The molecule has 112 valence electrons. The van der Waals surface area contributed by atoms with Crippen molar-refractivity contribution >= 4 is 44.9 Å². The lowest BCUT2D eigenvalue weighted by Gasteiger charge is -2.11. The Balaban J connectivity index is 2.28. The number of nitrogens with zero attached hydrogens (tertiary/aromatic N) is 1. The van der Waals surface area contributed by atoms with Crippen LogP contribution in [0.1, 0.15) is 13.3 Å². The van der Waals surface area contributed by atoms with Crippen LogP contribution in [0.5, 0.6) is 0 Å². The highest BCUT2D eigenvalue weighted by Gasteiger charge is 2.12. The van der Waals surface area contributed by atoms with E-state index in [1.807, 2.05) is 6.92 Å². The van der Waals surface area contributed by atoms with Gasteiger partial charge in [-0.3, -0.25) is 0 Å². The van der Waals surface area contributed by atoms with Crippen LogP contribution >= 0.6 is 27.5 Å². The summed E-state index contributed by atoms with van der Waals surface area (Å²) in [5.41, 5.74) is 0.558. The lowest BCUT2D eigenvalue weighted by molar-refractivity contribution is 0.579. The molecule has 0 aliphatic rings. The number of aromatic nitrogens is 1. The Morgan fingerprint density at radius 3 is 2.57 bits per heavy atom. The van der Waals surface area contributed by atoms with Crippen molar-refractivity contribution in [2.45, 2.75) is 13.3 Å². The van der Waals surface area contributed by atoms with Crippen LogP contribution < -0.4 is 10.6 Å². The molecule has 0 aliphatic heterocycles. The zero-order valence-electron chi connectivity index (χ0n) is 11.2. The first kappa shape index (κ1) is 16.0. The first-order chi connectivity index (χ1) is 10.0. The summed E-state index contributed by atoms with van der Waals surface area (Å²) in [5.74, 6) is -1.54. The topological polar surface area (TPSA) is 37.0 Å². The van der Waals surface area contributed by atoms with E-state index < -0.39 is 11.6 Å². The Hall–Kier alpha value is -1.40. The van der Waals surface area contributed by atoms with Gasteiger partial charge in [0.05, 0.1) is 5.02 Å². The molecule has 0 saturated carbocycles. The molecule has 2 N–H and O–H groups in total. The van der Waals surface area contributed by atoms with E-state index in [-0.39, 0.29) is 11.6 Å². The van der Waals surface area contributed by atoms with Crippen LogP contribution in [0.4, 0.5) is 26.1 Å². The predicted molar refractivity (Wildman–Crippen MR) is 85.4 cm³/mol. The summed E-state index contributed by atoms with van der Waals surface area (Å²) < 4.78 is 28.1. The average molecular weight is 377 g/mol. The number of pyridine rings is 1. The van der Waals surface area contributed by atoms with Crippen molar-refractivity contribution in [1.82, 2.24) is 4.98 Å². The normalized spacial score (nSPS) is 10.5. The fraction of sp³-hybridized carbons (Fsp3) is 0.214. The lowest BCUT2D eigenvalue weighted by atomic mass is 10.3. The molecule has 2 aromatic rings. The molecule has 0 amide bonds. The Labute approximate surface area is 134 Å². The lowest BCUT2D eigenvalue weighted by Crippen LogP contribution is -2.07. The molecule has 0 spiro atoms. The summed E-state index contributed by atoms with van der Waals surface area (Å²) in [6.45, 7) is 2.50. The number of anilines is 3. The van der Waals surface area contributed by atoms with E-state index in [1.165, 1.54) is 0 Å². The second kappa shape index (κ2) is 7.04. The van der Waals surface area contributed by atoms with Crippen molar-refractivity contribution in [3.8, 4) is 0 Å². The largest absolute Gasteiger partial charge is 0.368 e. The molecule has 7 heteroatoms.